The summed E-state index contributed by atoms with van der Waals surface area (Å²) in [6.45, 7) is 3.33. The molecule has 15 heavy (non-hydrogen) atoms. The lowest BCUT2D eigenvalue weighted by molar-refractivity contribution is -0.147. The van der Waals surface area contributed by atoms with Crippen LogP contribution < -0.4 is 0 Å². The Bertz CT molecular complexity index is 288. The number of aromatic nitrogens is 1. The van der Waals surface area contributed by atoms with E-state index >= 15 is 0 Å². The normalized spacial score (nSPS) is 19.1. The van der Waals surface area contributed by atoms with Crippen LogP contribution in [0.4, 0.5) is 0 Å². The lowest BCUT2D eigenvalue weighted by Gasteiger charge is -2.42. The van der Waals surface area contributed by atoms with Crippen molar-refractivity contribution in [3.05, 3.63) is 24.0 Å². The van der Waals surface area contributed by atoms with Crippen molar-refractivity contribution in [2.24, 2.45) is 5.41 Å². The van der Waals surface area contributed by atoms with Gasteiger partial charge in [-0.1, -0.05) is 0 Å². The van der Waals surface area contributed by atoms with Gasteiger partial charge in [-0.3, -0.25) is 4.90 Å². The first-order valence-electron chi connectivity index (χ1n) is 5.24. The lowest BCUT2D eigenvalue weighted by Crippen LogP contribution is -2.52. The minimum Gasteiger partial charge on any atom is -0.396 e. The molecule has 1 aliphatic rings. The number of rotatable bonds is 5. The molecule has 1 aliphatic heterocycles. The molecule has 0 aromatic carbocycles. The van der Waals surface area contributed by atoms with Gasteiger partial charge in [0.25, 0.3) is 0 Å². The van der Waals surface area contributed by atoms with Crippen molar-refractivity contribution >= 4 is 0 Å². The van der Waals surface area contributed by atoms with Crippen LogP contribution in [0, 0.1) is 5.41 Å². The van der Waals surface area contributed by atoms with E-state index in [9.17, 15) is 5.11 Å². The summed E-state index contributed by atoms with van der Waals surface area (Å²) in [6.07, 6.45) is 1.93. The molecule has 0 saturated carbocycles. The Hall–Kier alpha value is -0.840. The van der Waals surface area contributed by atoms with Gasteiger partial charge in [-0.15, -0.1) is 0 Å². The molecule has 4 heteroatoms. The van der Waals surface area contributed by atoms with E-state index in [1.54, 1.807) is 0 Å². The highest BCUT2D eigenvalue weighted by molar-refractivity contribution is 5.03. The summed E-state index contributed by atoms with van der Waals surface area (Å²) < 4.78 is 5.17. The summed E-state index contributed by atoms with van der Waals surface area (Å²) in [5, 5.41) is 9.30. The zero-order valence-electron chi connectivity index (χ0n) is 9.07. The second-order valence-corrected chi connectivity index (χ2v) is 4.52. The number of H-pyrrole nitrogens is 1. The first-order valence-corrected chi connectivity index (χ1v) is 5.24. The Morgan fingerprint density at radius 1 is 1.60 bits per heavy atom. The number of aromatic amines is 1. The third-order valence-corrected chi connectivity index (χ3v) is 2.86. The summed E-state index contributed by atoms with van der Waals surface area (Å²) in [5.74, 6) is 0. The Kier molecular flexibility index (Phi) is 3.09. The van der Waals surface area contributed by atoms with Crippen LogP contribution in [0.2, 0.25) is 0 Å². The second-order valence-electron chi connectivity index (χ2n) is 4.52. The monoisotopic (exact) mass is 210 g/mol. The topological polar surface area (TPSA) is 48.5 Å². The van der Waals surface area contributed by atoms with Gasteiger partial charge in [-0.2, -0.15) is 0 Å². The van der Waals surface area contributed by atoms with Gasteiger partial charge in [0.1, 0.15) is 0 Å². The van der Waals surface area contributed by atoms with Crippen molar-refractivity contribution in [1.29, 1.82) is 0 Å². The van der Waals surface area contributed by atoms with Crippen molar-refractivity contribution in [3.63, 3.8) is 0 Å². The van der Waals surface area contributed by atoms with Crippen LogP contribution in [-0.4, -0.2) is 48.4 Å². The average Bonchev–Trinajstić information content (AvgIpc) is 2.64. The molecule has 0 bridgehead atoms. The van der Waals surface area contributed by atoms with E-state index in [1.165, 1.54) is 5.69 Å². The third-order valence-electron chi connectivity index (χ3n) is 2.86. The molecule has 1 aromatic rings. The van der Waals surface area contributed by atoms with Gasteiger partial charge in [0.15, 0.2) is 0 Å². The van der Waals surface area contributed by atoms with Crippen LogP contribution in [0.5, 0.6) is 0 Å². The summed E-state index contributed by atoms with van der Waals surface area (Å²) in [5.41, 5.74) is 1.17. The number of aliphatic hydroxyl groups is 1. The minimum atomic E-state index is -0.0264. The van der Waals surface area contributed by atoms with E-state index in [0.717, 1.165) is 13.1 Å². The maximum Gasteiger partial charge on any atom is 0.0579 e. The molecule has 1 aromatic heterocycles. The molecule has 2 N–H and O–H groups in total. The van der Waals surface area contributed by atoms with Crippen LogP contribution >= 0.6 is 0 Å². The van der Waals surface area contributed by atoms with E-state index in [0.29, 0.717) is 13.2 Å². The molecule has 2 heterocycles. The van der Waals surface area contributed by atoms with Gasteiger partial charge >= 0.3 is 0 Å². The zero-order chi connectivity index (χ0) is 10.7. The standard InChI is InChI=1S/C11H18N2O2/c1-13(5-10-3-2-4-12-10)6-11(7-14)8-15-9-11/h2-4,12,14H,5-9H2,1H3. The average molecular weight is 210 g/mol. The van der Waals surface area contributed by atoms with E-state index < -0.39 is 0 Å². The highest BCUT2D eigenvalue weighted by atomic mass is 16.5. The predicted molar refractivity (Wildman–Crippen MR) is 57.5 cm³/mol. The van der Waals surface area contributed by atoms with E-state index in [1.807, 2.05) is 12.3 Å². The number of ether oxygens (including phenoxy) is 1. The molecule has 0 radical (unpaired) electrons. The molecule has 2 rings (SSSR count). The molecule has 84 valence electrons. The molecule has 1 fully saturated rings. The van der Waals surface area contributed by atoms with E-state index in [-0.39, 0.29) is 12.0 Å². The van der Waals surface area contributed by atoms with Crippen LogP contribution in [0.25, 0.3) is 0 Å². The van der Waals surface area contributed by atoms with Crippen molar-refractivity contribution in [1.82, 2.24) is 9.88 Å². The van der Waals surface area contributed by atoms with E-state index in [2.05, 4.69) is 23.0 Å². The fourth-order valence-electron chi connectivity index (χ4n) is 2.01. The van der Waals surface area contributed by atoms with Gasteiger partial charge in [0.05, 0.1) is 25.2 Å². The first kappa shape index (κ1) is 10.7. The number of hydrogen-bond donors (Lipinski definition) is 2. The molecule has 0 unspecified atom stereocenters. The Morgan fingerprint density at radius 3 is 2.87 bits per heavy atom. The second kappa shape index (κ2) is 4.35. The Labute approximate surface area is 89.9 Å². The molecule has 0 aliphatic carbocycles. The van der Waals surface area contributed by atoms with Gasteiger partial charge in [-0.25, -0.2) is 0 Å². The Morgan fingerprint density at radius 2 is 2.40 bits per heavy atom. The molecule has 4 nitrogen and oxygen atoms in total. The van der Waals surface area contributed by atoms with Crippen LogP contribution in [0.1, 0.15) is 5.69 Å². The van der Waals surface area contributed by atoms with Crippen molar-refractivity contribution in [3.8, 4) is 0 Å². The number of nitrogens with one attached hydrogen (secondary N) is 1. The minimum absolute atomic E-state index is 0.0264. The molecule has 1 saturated heterocycles. The summed E-state index contributed by atoms with van der Waals surface area (Å²) >= 11 is 0. The predicted octanol–water partition coefficient (Wildman–Crippen LogP) is 0.455. The number of nitrogens with zero attached hydrogens (tertiary/aromatic N) is 1. The molecular weight excluding hydrogens is 192 g/mol. The third kappa shape index (κ3) is 2.40. The van der Waals surface area contributed by atoms with Gasteiger partial charge < -0.3 is 14.8 Å². The number of aliphatic hydroxyl groups excluding tert-OH is 1. The summed E-state index contributed by atoms with van der Waals surface area (Å²) in [7, 11) is 2.07. The largest absolute Gasteiger partial charge is 0.396 e. The summed E-state index contributed by atoms with van der Waals surface area (Å²) in [4.78, 5) is 5.39. The van der Waals surface area contributed by atoms with Crippen molar-refractivity contribution in [2.75, 3.05) is 33.4 Å². The van der Waals surface area contributed by atoms with Crippen molar-refractivity contribution in [2.45, 2.75) is 6.54 Å². The first-order chi connectivity index (χ1) is 7.24. The Balaban J connectivity index is 1.84. The van der Waals surface area contributed by atoms with Crippen LogP contribution in [0.3, 0.4) is 0 Å². The molecule has 0 amide bonds. The fraction of sp³-hybridized carbons (Fsp3) is 0.636. The van der Waals surface area contributed by atoms with E-state index in [4.69, 9.17) is 4.74 Å². The van der Waals surface area contributed by atoms with Crippen LogP contribution in [-0.2, 0) is 11.3 Å². The molecule has 0 spiro atoms. The van der Waals surface area contributed by atoms with Gasteiger partial charge in [0, 0.05) is 25.0 Å². The highest BCUT2D eigenvalue weighted by Gasteiger charge is 2.38. The van der Waals surface area contributed by atoms with Gasteiger partial charge in [-0.05, 0) is 19.2 Å². The maximum atomic E-state index is 9.30. The summed E-state index contributed by atoms with van der Waals surface area (Å²) in [6, 6.07) is 4.07. The zero-order valence-corrected chi connectivity index (χ0v) is 9.07. The fourth-order valence-corrected chi connectivity index (χ4v) is 2.01. The highest BCUT2D eigenvalue weighted by Crippen LogP contribution is 2.27. The maximum absolute atomic E-state index is 9.30. The smallest absolute Gasteiger partial charge is 0.0579 e. The quantitative estimate of drug-likeness (QED) is 0.742. The molecule has 0 atom stereocenters. The van der Waals surface area contributed by atoms with Gasteiger partial charge in [0.2, 0.25) is 0 Å². The van der Waals surface area contributed by atoms with Crippen molar-refractivity contribution < 1.29 is 9.84 Å². The lowest BCUT2D eigenvalue weighted by atomic mass is 9.86. The molecular formula is C11H18N2O2. The van der Waals surface area contributed by atoms with Crippen LogP contribution in [0.15, 0.2) is 18.3 Å². The SMILES string of the molecule is CN(Cc1ccc[nH]1)CC1(CO)COC1. The number of hydrogen-bond acceptors (Lipinski definition) is 3.